The summed E-state index contributed by atoms with van der Waals surface area (Å²) in [5.74, 6) is 0.806. The van der Waals surface area contributed by atoms with E-state index in [9.17, 15) is 4.57 Å². The molecule has 0 amide bonds. The smallest absolute Gasteiger partial charge is 0.475 e. The average molecular weight is 416 g/mol. The van der Waals surface area contributed by atoms with Crippen LogP contribution in [0.3, 0.4) is 0 Å². The molecule has 1 aromatic carbocycles. The first kappa shape index (κ1) is 23.3. The van der Waals surface area contributed by atoms with Gasteiger partial charge in [0.2, 0.25) is 0 Å². The normalized spacial score (nSPS) is 22.7. The van der Waals surface area contributed by atoms with Gasteiger partial charge >= 0.3 is 7.82 Å². The molecule has 0 saturated carbocycles. The van der Waals surface area contributed by atoms with Gasteiger partial charge in [-0.05, 0) is 51.7 Å². The van der Waals surface area contributed by atoms with Crippen molar-refractivity contribution in [1.29, 1.82) is 0 Å². The van der Waals surface area contributed by atoms with Gasteiger partial charge in [0, 0.05) is 5.56 Å². The summed E-state index contributed by atoms with van der Waals surface area (Å²) >= 11 is 0. The van der Waals surface area contributed by atoms with Gasteiger partial charge in [-0.15, -0.1) is 0 Å². The van der Waals surface area contributed by atoms with Crippen LogP contribution < -0.4 is 4.74 Å². The number of hydrogen-bond donors (Lipinski definition) is 0. The highest BCUT2D eigenvalue weighted by Gasteiger charge is 2.29. The zero-order chi connectivity index (χ0) is 20.4. The molecule has 1 aromatic rings. The Morgan fingerprint density at radius 2 is 1.93 bits per heavy atom. The monoisotopic (exact) mass is 416 g/mol. The standard InChI is InChI=1S/C20H33O7P/c1-5-16(3)27-28(21,24-6-2)25-14-8-7-9-19-15-23-20(26-19)17-10-12-18(22-4)13-11-17/h10-13,16,19-20H,5-9,14-15H2,1-4H3. The second-order valence-corrected chi connectivity index (χ2v) is 8.34. The molecule has 1 fully saturated rings. The van der Waals surface area contributed by atoms with Gasteiger partial charge in [-0.25, -0.2) is 4.57 Å². The van der Waals surface area contributed by atoms with E-state index in [4.69, 9.17) is 27.8 Å². The van der Waals surface area contributed by atoms with Gasteiger partial charge < -0.3 is 14.2 Å². The molecule has 1 aliphatic heterocycles. The number of phosphoric acid groups is 1. The second-order valence-electron chi connectivity index (χ2n) is 6.71. The highest BCUT2D eigenvalue weighted by atomic mass is 31.2. The number of methoxy groups -OCH3 is 1. The lowest BCUT2D eigenvalue weighted by atomic mass is 10.2. The van der Waals surface area contributed by atoms with Gasteiger partial charge in [0.05, 0.1) is 39.1 Å². The molecule has 28 heavy (non-hydrogen) atoms. The summed E-state index contributed by atoms with van der Waals surface area (Å²) in [6, 6.07) is 7.68. The van der Waals surface area contributed by atoms with Crippen LogP contribution in [0.1, 0.15) is 58.3 Å². The van der Waals surface area contributed by atoms with Crippen molar-refractivity contribution in [2.45, 2.75) is 65.0 Å². The number of benzene rings is 1. The quantitative estimate of drug-likeness (QED) is 0.321. The lowest BCUT2D eigenvalue weighted by molar-refractivity contribution is -0.0614. The van der Waals surface area contributed by atoms with Crippen molar-refractivity contribution in [2.24, 2.45) is 0 Å². The van der Waals surface area contributed by atoms with E-state index in [0.717, 1.165) is 37.0 Å². The third-order valence-electron chi connectivity index (χ3n) is 4.48. The lowest BCUT2D eigenvalue weighted by Crippen LogP contribution is -2.11. The van der Waals surface area contributed by atoms with Crippen LogP contribution in [0, 0.1) is 0 Å². The fourth-order valence-electron chi connectivity index (χ4n) is 2.74. The van der Waals surface area contributed by atoms with Crippen molar-refractivity contribution >= 4 is 7.82 Å². The first-order valence-electron chi connectivity index (χ1n) is 9.98. The number of rotatable bonds is 13. The van der Waals surface area contributed by atoms with E-state index in [0.29, 0.717) is 13.2 Å². The molecule has 0 aliphatic carbocycles. The second kappa shape index (κ2) is 11.9. The van der Waals surface area contributed by atoms with Crippen LogP contribution in [0.25, 0.3) is 0 Å². The maximum absolute atomic E-state index is 12.5. The zero-order valence-corrected chi connectivity index (χ0v) is 18.2. The largest absolute Gasteiger partial charge is 0.497 e. The summed E-state index contributed by atoms with van der Waals surface area (Å²) in [5.41, 5.74) is 0.978. The Balaban J connectivity index is 1.67. The van der Waals surface area contributed by atoms with Gasteiger partial charge in [0.15, 0.2) is 6.29 Å². The van der Waals surface area contributed by atoms with Crippen molar-refractivity contribution in [3.05, 3.63) is 29.8 Å². The minimum Gasteiger partial charge on any atom is -0.497 e. The summed E-state index contributed by atoms with van der Waals surface area (Å²) in [4.78, 5) is 0. The Morgan fingerprint density at radius 1 is 1.18 bits per heavy atom. The molecule has 0 spiro atoms. The predicted octanol–water partition coefficient (Wildman–Crippen LogP) is 5.26. The van der Waals surface area contributed by atoms with Gasteiger partial charge in [-0.3, -0.25) is 13.6 Å². The molecule has 2 rings (SSSR count). The Kier molecular flexibility index (Phi) is 9.92. The fraction of sp³-hybridized carbons (Fsp3) is 0.700. The van der Waals surface area contributed by atoms with Gasteiger partial charge in [-0.2, -0.15) is 0 Å². The van der Waals surface area contributed by atoms with Crippen LogP contribution in [0.2, 0.25) is 0 Å². The predicted molar refractivity (Wildman–Crippen MR) is 106 cm³/mol. The number of hydrogen-bond acceptors (Lipinski definition) is 7. The SMILES string of the molecule is CCOP(=O)(OCCCCC1COC(c2ccc(OC)cc2)O1)OC(C)CC. The highest BCUT2D eigenvalue weighted by Crippen LogP contribution is 2.50. The first-order chi connectivity index (χ1) is 13.5. The van der Waals surface area contributed by atoms with E-state index >= 15 is 0 Å². The van der Waals surface area contributed by atoms with Crippen LogP contribution in [-0.2, 0) is 27.6 Å². The summed E-state index contributed by atoms with van der Waals surface area (Å²) in [6.45, 7) is 6.76. The lowest BCUT2D eigenvalue weighted by Gasteiger charge is -2.20. The average Bonchev–Trinajstić information content (AvgIpc) is 3.16. The van der Waals surface area contributed by atoms with Crippen LogP contribution in [0.5, 0.6) is 5.75 Å². The van der Waals surface area contributed by atoms with Crippen LogP contribution in [0.4, 0.5) is 0 Å². The third kappa shape index (κ3) is 7.47. The molecule has 1 saturated heterocycles. The summed E-state index contributed by atoms with van der Waals surface area (Å²) in [6.07, 6.45) is 2.75. The summed E-state index contributed by atoms with van der Waals surface area (Å²) in [5, 5.41) is 0. The molecule has 8 heteroatoms. The minimum atomic E-state index is -3.48. The maximum Gasteiger partial charge on any atom is 0.475 e. The number of ether oxygens (including phenoxy) is 3. The molecule has 160 valence electrons. The fourth-order valence-corrected chi connectivity index (χ4v) is 4.19. The van der Waals surface area contributed by atoms with Crippen molar-refractivity contribution in [2.75, 3.05) is 26.9 Å². The Labute approximate surface area is 168 Å². The van der Waals surface area contributed by atoms with Crippen LogP contribution in [-0.4, -0.2) is 39.1 Å². The molecule has 0 radical (unpaired) electrons. The van der Waals surface area contributed by atoms with E-state index < -0.39 is 7.82 Å². The molecule has 7 nitrogen and oxygen atoms in total. The Morgan fingerprint density at radius 3 is 2.57 bits per heavy atom. The van der Waals surface area contributed by atoms with Crippen LogP contribution in [0.15, 0.2) is 24.3 Å². The molecule has 1 aliphatic rings. The zero-order valence-electron chi connectivity index (χ0n) is 17.3. The van der Waals surface area contributed by atoms with E-state index in [2.05, 4.69) is 0 Å². The van der Waals surface area contributed by atoms with Gasteiger partial charge in [0.25, 0.3) is 0 Å². The Hall–Kier alpha value is -0.950. The van der Waals surface area contributed by atoms with Crippen molar-refractivity contribution in [1.82, 2.24) is 0 Å². The topological polar surface area (TPSA) is 72.5 Å². The van der Waals surface area contributed by atoms with E-state index in [1.54, 1.807) is 14.0 Å². The molecule has 4 unspecified atom stereocenters. The van der Waals surface area contributed by atoms with Gasteiger partial charge in [-0.1, -0.05) is 19.1 Å². The first-order valence-corrected chi connectivity index (χ1v) is 11.4. The van der Waals surface area contributed by atoms with Crippen molar-refractivity contribution in [3.63, 3.8) is 0 Å². The maximum atomic E-state index is 12.5. The Bertz CT molecular complexity index is 607. The minimum absolute atomic E-state index is 0.0437. The van der Waals surface area contributed by atoms with E-state index in [1.807, 2.05) is 38.1 Å². The van der Waals surface area contributed by atoms with Crippen LogP contribution >= 0.6 is 7.82 Å². The molecule has 0 aromatic heterocycles. The van der Waals surface area contributed by atoms with Crippen molar-refractivity contribution < 1.29 is 32.3 Å². The number of phosphoric ester groups is 1. The highest BCUT2D eigenvalue weighted by molar-refractivity contribution is 7.48. The molecular formula is C20H33O7P. The molecule has 4 atom stereocenters. The summed E-state index contributed by atoms with van der Waals surface area (Å²) in [7, 11) is -1.84. The molecule has 0 bridgehead atoms. The van der Waals surface area contributed by atoms with Crippen molar-refractivity contribution in [3.8, 4) is 5.75 Å². The number of unbranched alkanes of at least 4 members (excludes halogenated alkanes) is 1. The van der Waals surface area contributed by atoms with E-state index in [1.165, 1.54) is 0 Å². The summed E-state index contributed by atoms with van der Waals surface area (Å²) < 4.78 is 45.5. The molecular weight excluding hydrogens is 383 g/mol. The van der Waals surface area contributed by atoms with Gasteiger partial charge in [0.1, 0.15) is 5.75 Å². The van der Waals surface area contributed by atoms with E-state index in [-0.39, 0.29) is 25.1 Å². The third-order valence-corrected chi connectivity index (χ3v) is 6.17. The molecule has 0 N–H and O–H groups in total. The molecule has 1 heterocycles.